The SMILES string of the molecule is CSCCC(N=C([O-])CCC(=O)[O-])C(=O)O.[Cu+2]. The van der Waals surface area contributed by atoms with Crippen LogP contribution in [0.15, 0.2) is 4.99 Å². The van der Waals surface area contributed by atoms with Gasteiger partial charge in [-0.25, -0.2) is 4.79 Å². The molecule has 1 atom stereocenters. The van der Waals surface area contributed by atoms with E-state index >= 15 is 0 Å². The van der Waals surface area contributed by atoms with Gasteiger partial charge in [0.15, 0.2) is 0 Å². The van der Waals surface area contributed by atoms with Gasteiger partial charge in [0.1, 0.15) is 6.04 Å². The van der Waals surface area contributed by atoms with Crippen LogP contribution < -0.4 is 10.2 Å². The molecular formula is C9H13CuNO5S. The second-order valence-corrected chi connectivity index (χ2v) is 4.02. The number of carbonyl (C=O) groups excluding carboxylic acids is 1. The Morgan fingerprint density at radius 3 is 2.35 bits per heavy atom. The average molecular weight is 311 g/mol. The van der Waals surface area contributed by atoms with Crippen LogP contribution in [0.5, 0.6) is 0 Å². The van der Waals surface area contributed by atoms with Gasteiger partial charge in [-0.05, 0) is 37.2 Å². The molecule has 0 saturated heterocycles. The quantitative estimate of drug-likeness (QED) is 0.331. The second kappa shape index (κ2) is 10.4. The third kappa shape index (κ3) is 10.2. The number of aliphatic carboxylic acids is 2. The first-order chi connectivity index (χ1) is 7.47. The van der Waals surface area contributed by atoms with Crippen molar-refractivity contribution >= 4 is 29.6 Å². The van der Waals surface area contributed by atoms with E-state index in [1.165, 1.54) is 11.8 Å². The van der Waals surface area contributed by atoms with Crippen LogP contribution in [-0.4, -0.2) is 41.0 Å². The number of carbonyl (C=O) groups is 2. The number of thioether (sulfide) groups is 1. The van der Waals surface area contributed by atoms with Gasteiger partial charge in [-0.15, -0.1) is 0 Å². The van der Waals surface area contributed by atoms with Crippen LogP contribution in [0.1, 0.15) is 19.3 Å². The Balaban J connectivity index is 0. The third-order valence-electron chi connectivity index (χ3n) is 1.72. The Morgan fingerprint density at radius 2 is 1.94 bits per heavy atom. The molecule has 0 aromatic rings. The first-order valence-electron chi connectivity index (χ1n) is 4.62. The van der Waals surface area contributed by atoms with Gasteiger partial charge in [-0.3, -0.25) is 4.99 Å². The largest absolute Gasteiger partial charge is 2.00 e. The molecular weight excluding hydrogens is 298 g/mol. The molecule has 0 saturated carbocycles. The third-order valence-corrected chi connectivity index (χ3v) is 2.37. The summed E-state index contributed by atoms with van der Waals surface area (Å²) in [6.07, 6.45) is 1.33. The van der Waals surface area contributed by atoms with Crippen LogP contribution in [0, 0.1) is 0 Å². The summed E-state index contributed by atoms with van der Waals surface area (Å²) < 4.78 is 0. The van der Waals surface area contributed by atoms with Crippen molar-refractivity contribution in [1.29, 1.82) is 0 Å². The van der Waals surface area contributed by atoms with E-state index in [1.54, 1.807) is 0 Å². The molecule has 1 N–H and O–H groups in total. The summed E-state index contributed by atoms with van der Waals surface area (Å²) in [5.74, 6) is -2.65. The molecule has 0 rings (SSSR count). The van der Waals surface area contributed by atoms with E-state index in [9.17, 15) is 19.8 Å². The smallest absolute Gasteiger partial charge is 0.862 e. The van der Waals surface area contributed by atoms with Crippen molar-refractivity contribution < 1.29 is 42.0 Å². The Labute approximate surface area is 114 Å². The molecule has 0 aromatic heterocycles. The Bertz CT molecular complexity index is 285. The number of rotatable bonds is 8. The molecule has 101 valence electrons. The summed E-state index contributed by atoms with van der Waals surface area (Å²) in [6.45, 7) is 0. The van der Waals surface area contributed by atoms with E-state index in [0.717, 1.165) is 0 Å². The topological polar surface area (TPSA) is 113 Å². The average Bonchev–Trinajstić information content (AvgIpc) is 2.20. The zero-order chi connectivity index (χ0) is 12.6. The summed E-state index contributed by atoms with van der Waals surface area (Å²) in [6, 6.07) is -1.08. The van der Waals surface area contributed by atoms with E-state index in [1.807, 2.05) is 6.26 Å². The van der Waals surface area contributed by atoms with E-state index < -0.39 is 30.3 Å². The molecule has 0 aromatic carbocycles. The number of nitrogens with zero attached hydrogens (tertiary/aromatic N) is 1. The molecule has 0 aliphatic carbocycles. The molecule has 0 spiro atoms. The number of carboxylic acid groups (broad SMARTS) is 2. The van der Waals surface area contributed by atoms with E-state index in [2.05, 4.69) is 4.99 Å². The minimum absolute atomic E-state index is 0. The summed E-state index contributed by atoms with van der Waals surface area (Å²) >= 11 is 1.45. The van der Waals surface area contributed by atoms with E-state index in [0.29, 0.717) is 5.75 Å². The minimum atomic E-state index is -1.35. The molecule has 1 unspecified atom stereocenters. The number of hydrogen-bond acceptors (Lipinski definition) is 6. The van der Waals surface area contributed by atoms with Crippen LogP contribution in [0.25, 0.3) is 0 Å². The van der Waals surface area contributed by atoms with Crippen molar-refractivity contribution in [2.24, 2.45) is 4.99 Å². The molecule has 0 aliphatic heterocycles. The van der Waals surface area contributed by atoms with Crippen molar-refractivity contribution in [1.82, 2.24) is 0 Å². The maximum absolute atomic E-state index is 11.1. The van der Waals surface area contributed by atoms with Crippen molar-refractivity contribution in [2.75, 3.05) is 12.0 Å². The molecule has 17 heavy (non-hydrogen) atoms. The summed E-state index contributed by atoms with van der Waals surface area (Å²) in [7, 11) is 0. The monoisotopic (exact) mass is 310 g/mol. The molecule has 1 radical (unpaired) electrons. The number of carboxylic acids is 2. The summed E-state index contributed by atoms with van der Waals surface area (Å²) in [5.41, 5.74) is 0. The van der Waals surface area contributed by atoms with Gasteiger partial charge in [0.2, 0.25) is 0 Å². The van der Waals surface area contributed by atoms with Crippen molar-refractivity contribution in [2.45, 2.75) is 25.3 Å². The molecule has 8 heteroatoms. The maximum atomic E-state index is 11.1. The van der Waals surface area contributed by atoms with Crippen molar-refractivity contribution in [3.63, 3.8) is 0 Å². The van der Waals surface area contributed by atoms with Crippen LogP contribution in [-0.2, 0) is 26.7 Å². The fourth-order valence-corrected chi connectivity index (χ4v) is 1.38. The predicted molar refractivity (Wildman–Crippen MR) is 56.1 cm³/mol. The van der Waals surface area contributed by atoms with E-state index in [4.69, 9.17) is 5.11 Å². The first-order valence-corrected chi connectivity index (χ1v) is 6.02. The molecule has 0 heterocycles. The van der Waals surface area contributed by atoms with Gasteiger partial charge in [0.25, 0.3) is 0 Å². The Kier molecular flexibility index (Phi) is 11.4. The van der Waals surface area contributed by atoms with Gasteiger partial charge in [0, 0.05) is 5.97 Å². The molecule has 0 fully saturated rings. The van der Waals surface area contributed by atoms with Crippen LogP contribution >= 0.6 is 11.8 Å². The van der Waals surface area contributed by atoms with Crippen molar-refractivity contribution in [3.05, 3.63) is 0 Å². The van der Waals surface area contributed by atoms with E-state index in [-0.39, 0.29) is 29.9 Å². The fourth-order valence-electron chi connectivity index (χ4n) is 0.920. The second-order valence-electron chi connectivity index (χ2n) is 3.03. The van der Waals surface area contributed by atoms with Crippen LogP contribution in [0.4, 0.5) is 0 Å². The predicted octanol–water partition coefficient (Wildman–Crippen LogP) is -1.52. The Morgan fingerprint density at radius 1 is 1.35 bits per heavy atom. The minimum Gasteiger partial charge on any atom is -0.862 e. The molecule has 6 nitrogen and oxygen atoms in total. The van der Waals surface area contributed by atoms with Gasteiger partial charge < -0.3 is 20.1 Å². The molecule has 0 amide bonds. The molecule has 0 aliphatic rings. The van der Waals surface area contributed by atoms with Crippen molar-refractivity contribution in [3.8, 4) is 0 Å². The van der Waals surface area contributed by atoms with Crippen LogP contribution in [0.3, 0.4) is 0 Å². The first kappa shape index (κ1) is 18.6. The van der Waals surface area contributed by atoms with Gasteiger partial charge in [0.05, 0.1) is 0 Å². The van der Waals surface area contributed by atoms with Crippen LogP contribution in [0.2, 0.25) is 0 Å². The van der Waals surface area contributed by atoms with Gasteiger partial charge in [-0.2, -0.15) is 11.8 Å². The number of hydrogen-bond donors (Lipinski definition) is 1. The zero-order valence-electron chi connectivity index (χ0n) is 9.14. The normalized spacial score (nSPS) is 12.6. The molecule has 0 bridgehead atoms. The number of aliphatic imine (C=N–C) groups is 1. The maximum Gasteiger partial charge on any atom is 2.00 e. The van der Waals surface area contributed by atoms with Gasteiger partial charge in [-0.1, -0.05) is 0 Å². The fraction of sp³-hybridized carbons (Fsp3) is 0.667. The zero-order valence-corrected chi connectivity index (χ0v) is 10.9. The van der Waals surface area contributed by atoms with Gasteiger partial charge >= 0.3 is 23.0 Å². The standard InChI is InChI=1S/C9H15NO5S.Cu/c1-16-5-4-6(9(14)15)10-7(11)2-3-8(12)13;/h6H,2-5H2,1H3,(H,10,11)(H,12,13)(H,14,15);/q;+2/p-2. The summed E-state index contributed by atoms with van der Waals surface area (Å²) in [4.78, 5) is 24.2. The summed E-state index contributed by atoms with van der Waals surface area (Å²) in [5, 5.41) is 29.9. The Hall–Kier alpha value is -0.721.